The van der Waals surface area contributed by atoms with Crippen LogP contribution in [0, 0.1) is 11.7 Å². The molecule has 1 amide bonds. The highest BCUT2D eigenvalue weighted by Crippen LogP contribution is 2.20. The van der Waals surface area contributed by atoms with Crippen LogP contribution in [0.5, 0.6) is 0 Å². The number of halogens is 1. The molecule has 2 N–H and O–H groups in total. The van der Waals surface area contributed by atoms with Gasteiger partial charge in [-0.2, -0.15) is 0 Å². The Morgan fingerprint density at radius 1 is 1.40 bits per heavy atom. The zero-order valence-electron chi connectivity index (χ0n) is 12.7. The zero-order valence-corrected chi connectivity index (χ0v) is 12.7. The number of amides is 1. The fraction of sp³-hybridized carbons (Fsp3) is 0.533. The number of nitrogens with zero attached hydrogens (tertiary/aromatic N) is 1. The second-order valence-electron chi connectivity index (χ2n) is 5.36. The van der Waals surface area contributed by atoms with E-state index in [4.69, 9.17) is 0 Å². The van der Waals surface area contributed by atoms with Crippen molar-refractivity contribution >= 4 is 11.6 Å². The van der Waals surface area contributed by atoms with E-state index in [1.165, 1.54) is 12.1 Å². The fourth-order valence-electron chi connectivity index (χ4n) is 1.93. The van der Waals surface area contributed by atoms with Gasteiger partial charge in [0.2, 0.25) is 5.91 Å². The van der Waals surface area contributed by atoms with Crippen molar-refractivity contribution in [3.05, 3.63) is 29.6 Å². The first kappa shape index (κ1) is 16.4. The third-order valence-electron chi connectivity index (χ3n) is 2.91. The maximum Gasteiger partial charge on any atom is 0.239 e. The normalized spacial score (nSPS) is 10.7. The van der Waals surface area contributed by atoms with E-state index >= 15 is 0 Å². The van der Waals surface area contributed by atoms with Gasteiger partial charge in [-0.3, -0.25) is 4.79 Å². The Labute approximate surface area is 120 Å². The van der Waals surface area contributed by atoms with Gasteiger partial charge in [-0.05, 0) is 36.7 Å². The van der Waals surface area contributed by atoms with Gasteiger partial charge in [0, 0.05) is 25.8 Å². The number of benzene rings is 1. The summed E-state index contributed by atoms with van der Waals surface area (Å²) in [6.07, 6.45) is 0. The number of hydrogen-bond donors (Lipinski definition) is 2. The monoisotopic (exact) mass is 281 g/mol. The van der Waals surface area contributed by atoms with Crippen molar-refractivity contribution in [1.82, 2.24) is 10.6 Å². The molecule has 5 heteroatoms. The smallest absolute Gasteiger partial charge is 0.239 e. The number of rotatable bonds is 7. The molecule has 0 heterocycles. The Balaban J connectivity index is 2.71. The number of carbonyl (C=O) groups excluding carboxylic acids is 1. The molecule has 1 aromatic carbocycles. The molecule has 0 aliphatic carbocycles. The highest BCUT2D eigenvalue weighted by atomic mass is 19.1. The molecule has 0 aromatic heterocycles. The van der Waals surface area contributed by atoms with E-state index < -0.39 is 0 Å². The van der Waals surface area contributed by atoms with E-state index in [1.54, 1.807) is 6.07 Å². The van der Waals surface area contributed by atoms with Gasteiger partial charge in [0.1, 0.15) is 5.82 Å². The summed E-state index contributed by atoms with van der Waals surface area (Å²) < 4.78 is 13.3. The van der Waals surface area contributed by atoms with Gasteiger partial charge < -0.3 is 15.5 Å². The summed E-state index contributed by atoms with van der Waals surface area (Å²) >= 11 is 0. The number of carbonyl (C=O) groups is 1. The minimum Gasteiger partial charge on any atom is -0.365 e. The molecule has 0 saturated carbocycles. The van der Waals surface area contributed by atoms with Crippen LogP contribution in [0.1, 0.15) is 19.4 Å². The minimum absolute atomic E-state index is 0.0269. The lowest BCUT2D eigenvalue weighted by Crippen LogP contribution is -2.37. The predicted molar refractivity (Wildman–Crippen MR) is 80.3 cm³/mol. The minimum atomic E-state index is -0.267. The SMILES string of the molecule is CNCc1cc(F)ccc1N(C)CC(=O)NCC(C)C. The van der Waals surface area contributed by atoms with Crippen LogP contribution in [0.15, 0.2) is 18.2 Å². The first-order chi connectivity index (χ1) is 9.43. The lowest BCUT2D eigenvalue weighted by Gasteiger charge is -2.22. The van der Waals surface area contributed by atoms with Crippen LogP contribution in [0.3, 0.4) is 0 Å². The Morgan fingerprint density at radius 3 is 2.70 bits per heavy atom. The quantitative estimate of drug-likeness (QED) is 0.800. The second-order valence-corrected chi connectivity index (χ2v) is 5.36. The summed E-state index contributed by atoms with van der Waals surface area (Å²) in [5.41, 5.74) is 1.70. The molecule has 1 aromatic rings. The molecule has 0 radical (unpaired) electrons. The molecular formula is C15H24FN3O. The Kier molecular flexibility index (Phi) is 6.45. The number of nitrogens with one attached hydrogen (secondary N) is 2. The lowest BCUT2D eigenvalue weighted by molar-refractivity contribution is -0.119. The zero-order chi connectivity index (χ0) is 15.1. The third-order valence-corrected chi connectivity index (χ3v) is 2.91. The van der Waals surface area contributed by atoms with Crippen molar-refractivity contribution in [2.45, 2.75) is 20.4 Å². The molecule has 0 saturated heterocycles. The molecule has 0 aliphatic heterocycles. The molecule has 0 unspecified atom stereocenters. The molecule has 20 heavy (non-hydrogen) atoms. The van der Waals surface area contributed by atoms with Crippen LogP contribution in [0.2, 0.25) is 0 Å². The van der Waals surface area contributed by atoms with Crippen LogP contribution >= 0.6 is 0 Å². The van der Waals surface area contributed by atoms with E-state index in [2.05, 4.69) is 24.5 Å². The second kappa shape index (κ2) is 7.85. The van der Waals surface area contributed by atoms with Gasteiger partial charge in [0.15, 0.2) is 0 Å². The first-order valence-corrected chi connectivity index (χ1v) is 6.85. The van der Waals surface area contributed by atoms with Gasteiger partial charge in [-0.1, -0.05) is 13.8 Å². The van der Waals surface area contributed by atoms with Crippen molar-refractivity contribution in [2.75, 3.05) is 32.1 Å². The molecule has 0 spiro atoms. The predicted octanol–water partition coefficient (Wildman–Crippen LogP) is 1.75. The van der Waals surface area contributed by atoms with E-state index in [-0.39, 0.29) is 18.3 Å². The van der Waals surface area contributed by atoms with E-state index in [0.717, 1.165) is 11.3 Å². The average molecular weight is 281 g/mol. The summed E-state index contributed by atoms with van der Waals surface area (Å²) in [5, 5.41) is 5.88. The molecule has 1 rings (SSSR count). The maximum absolute atomic E-state index is 13.3. The summed E-state index contributed by atoms with van der Waals surface area (Å²) in [4.78, 5) is 13.7. The fourth-order valence-corrected chi connectivity index (χ4v) is 1.93. The lowest BCUT2D eigenvalue weighted by atomic mass is 10.1. The summed E-state index contributed by atoms with van der Waals surface area (Å²) in [5.74, 6) is 0.132. The Morgan fingerprint density at radius 2 is 2.10 bits per heavy atom. The number of anilines is 1. The topological polar surface area (TPSA) is 44.4 Å². The molecule has 112 valence electrons. The van der Waals surface area contributed by atoms with E-state index in [1.807, 2.05) is 19.0 Å². The molecule has 0 bridgehead atoms. The summed E-state index contributed by atoms with van der Waals surface area (Å²) in [6.45, 7) is 5.59. The highest BCUT2D eigenvalue weighted by molar-refractivity contribution is 5.81. The number of hydrogen-bond acceptors (Lipinski definition) is 3. The molecular weight excluding hydrogens is 257 g/mol. The molecule has 0 atom stereocenters. The van der Waals surface area contributed by atoms with Crippen LogP contribution < -0.4 is 15.5 Å². The molecule has 0 aliphatic rings. The van der Waals surface area contributed by atoms with Crippen LogP contribution in [-0.4, -0.2) is 33.1 Å². The summed E-state index contributed by atoms with van der Waals surface area (Å²) in [6, 6.07) is 4.61. The van der Waals surface area contributed by atoms with Crippen molar-refractivity contribution in [2.24, 2.45) is 5.92 Å². The van der Waals surface area contributed by atoms with Crippen molar-refractivity contribution in [3.63, 3.8) is 0 Å². The standard InChI is InChI=1S/C15H24FN3O/c1-11(2)8-18-15(20)10-19(4)14-6-5-13(16)7-12(14)9-17-3/h5-7,11,17H,8-10H2,1-4H3,(H,18,20). The van der Waals surface area contributed by atoms with Gasteiger partial charge >= 0.3 is 0 Å². The van der Waals surface area contributed by atoms with Crippen LogP contribution in [0.4, 0.5) is 10.1 Å². The maximum atomic E-state index is 13.3. The molecule has 4 nitrogen and oxygen atoms in total. The van der Waals surface area contributed by atoms with Crippen molar-refractivity contribution < 1.29 is 9.18 Å². The van der Waals surface area contributed by atoms with E-state index in [0.29, 0.717) is 19.0 Å². The first-order valence-electron chi connectivity index (χ1n) is 6.85. The average Bonchev–Trinajstić information content (AvgIpc) is 2.36. The summed E-state index contributed by atoms with van der Waals surface area (Å²) in [7, 11) is 3.64. The Hall–Kier alpha value is -1.62. The van der Waals surface area contributed by atoms with Crippen LogP contribution in [0.25, 0.3) is 0 Å². The van der Waals surface area contributed by atoms with Gasteiger partial charge in [0.25, 0.3) is 0 Å². The molecule has 0 fully saturated rings. The van der Waals surface area contributed by atoms with Gasteiger partial charge in [-0.15, -0.1) is 0 Å². The van der Waals surface area contributed by atoms with Gasteiger partial charge in [0.05, 0.1) is 6.54 Å². The van der Waals surface area contributed by atoms with Crippen LogP contribution in [-0.2, 0) is 11.3 Å². The Bertz CT molecular complexity index is 449. The van der Waals surface area contributed by atoms with Crippen molar-refractivity contribution in [1.29, 1.82) is 0 Å². The largest absolute Gasteiger partial charge is 0.365 e. The van der Waals surface area contributed by atoms with Crippen molar-refractivity contribution in [3.8, 4) is 0 Å². The highest BCUT2D eigenvalue weighted by Gasteiger charge is 2.12. The van der Waals surface area contributed by atoms with E-state index in [9.17, 15) is 9.18 Å². The third kappa shape index (κ3) is 5.17. The number of likely N-dealkylation sites (N-methyl/N-ethyl adjacent to an activating group) is 1. The van der Waals surface area contributed by atoms with Gasteiger partial charge in [-0.25, -0.2) is 4.39 Å².